The van der Waals surface area contributed by atoms with E-state index >= 15 is 0 Å². The molecule has 0 aliphatic heterocycles. The van der Waals surface area contributed by atoms with Gasteiger partial charge in [-0.05, 0) is 173 Å². The predicted octanol–water partition coefficient (Wildman–Crippen LogP) is 23.9. The molecule has 3 N–H and O–H groups in total. The number of aliphatic hydroxyl groups is 1. The third-order valence-electron chi connectivity index (χ3n) is 15.7. The van der Waals surface area contributed by atoms with Gasteiger partial charge in [-0.3, -0.25) is 37.3 Å². The van der Waals surface area contributed by atoms with Crippen LogP contribution in [0.15, 0.2) is 207 Å². The average Bonchev–Trinajstić information content (AvgIpc) is 0.901. The van der Waals surface area contributed by atoms with Crippen molar-refractivity contribution in [2.24, 2.45) is 0 Å². The Bertz CT molecular complexity index is 2860. The Morgan fingerprint density at radius 2 is 0.472 bits per heavy atom. The topological polar surface area (TPSA) is 237 Å². The summed E-state index contributed by atoms with van der Waals surface area (Å²) >= 11 is 0. The van der Waals surface area contributed by atoms with Gasteiger partial charge in [0.2, 0.25) is 0 Å². The van der Waals surface area contributed by atoms with Gasteiger partial charge in [0.05, 0.1) is 26.4 Å². The molecule has 5 atom stereocenters. The van der Waals surface area contributed by atoms with Crippen molar-refractivity contribution in [1.82, 2.24) is 0 Å². The summed E-state index contributed by atoms with van der Waals surface area (Å²) < 4.78 is 68.5. The number of hydrogen-bond acceptors (Lipinski definition) is 15. The van der Waals surface area contributed by atoms with Crippen molar-refractivity contribution in [1.29, 1.82) is 0 Å². The van der Waals surface area contributed by atoms with E-state index in [0.717, 1.165) is 180 Å². The van der Waals surface area contributed by atoms with E-state index in [2.05, 4.69) is 210 Å². The van der Waals surface area contributed by atoms with Gasteiger partial charge >= 0.3 is 39.5 Å². The standard InChI is InChI=1S/C89H140O17P2/c1-5-9-13-17-21-25-29-33-37-40-41-44-47-50-54-58-62-66-70-74-87(92)100-79-84(105-88(93)75-71-67-63-59-55-51-45-36-32-28-24-20-16-12-8-4)81-103-107(95,96)101-77-83(90)78-102-108(97,98)104-82-85(106-89(94)76-72-68-64-60-56-52-48-43-39-35-31-27-23-19-15-11-7-3)80-99-86(91)73-69-65-61-57-53-49-46-42-38-34-30-26-22-18-14-10-6-2/h9-16,21-28,33-39,41,44-46,49-50,54-55,59,62,66,83-85,90H,5-8,17-20,29-32,40,42-43,47-48,51-53,56-58,60-61,63-65,67-82H2,1-4H3,(H,95,96)(H,97,98)/b13-9-,14-10-,15-11-,16-12-,25-21-,26-22-,27-23-,28-24-,37-33-,38-34-,39-35-,44-41-,45-36-,49-46-,54-50-,59-55-,66-62-. The number of esters is 4. The van der Waals surface area contributed by atoms with Crippen molar-refractivity contribution >= 4 is 39.5 Å². The Hall–Kier alpha value is -6.36. The zero-order valence-electron chi connectivity index (χ0n) is 66.4. The second kappa shape index (κ2) is 78.8. The number of phosphoric ester groups is 2. The lowest BCUT2D eigenvalue weighted by molar-refractivity contribution is -0.161. The third kappa shape index (κ3) is 77.8. The number of hydrogen-bond donors (Lipinski definition) is 3. The van der Waals surface area contributed by atoms with Gasteiger partial charge in [0.1, 0.15) is 19.3 Å². The van der Waals surface area contributed by atoms with Crippen molar-refractivity contribution in [3.63, 3.8) is 0 Å². The first-order valence-electron chi connectivity index (χ1n) is 40.3. The summed E-state index contributed by atoms with van der Waals surface area (Å²) in [4.78, 5) is 73.1. The lowest BCUT2D eigenvalue weighted by Gasteiger charge is -2.21. The quantitative estimate of drug-likeness (QED) is 0.0169. The Morgan fingerprint density at radius 1 is 0.259 bits per heavy atom. The fourth-order valence-corrected chi connectivity index (χ4v) is 11.3. The van der Waals surface area contributed by atoms with Crippen LogP contribution in [0.5, 0.6) is 0 Å². The molecule has 0 fully saturated rings. The van der Waals surface area contributed by atoms with Gasteiger partial charge in [-0.2, -0.15) is 0 Å². The maximum absolute atomic E-state index is 13.1. The molecule has 0 spiro atoms. The van der Waals surface area contributed by atoms with Crippen LogP contribution >= 0.6 is 15.6 Å². The molecule has 0 saturated heterocycles. The summed E-state index contributed by atoms with van der Waals surface area (Å²) in [5, 5.41) is 10.7. The molecule has 0 bridgehead atoms. The third-order valence-corrected chi connectivity index (χ3v) is 17.6. The van der Waals surface area contributed by atoms with E-state index < -0.39 is 97.5 Å². The Kier molecular flexibility index (Phi) is 74.1. The van der Waals surface area contributed by atoms with Gasteiger partial charge < -0.3 is 33.8 Å². The van der Waals surface area contributed by atoms with Crippen LogP contribution < -0.4 is 0 Å². The number of carbonyl (C=O) groups excluding carboxylic acids is 4. The first kappa shape index (κ1) is 102. The largest absolute Gasteiger partial charge is 0.472 e. The summed E-state index contributed by atoms with van der Waals surface area (Å²) in [6.45, 7) is 4.22. The second-order valence-corrected chi connectivity index (χ2v) is 28.7. The monoisotopic (exact) mass is 1540 g/mol. The number of carbonyl (C=O) groups is 4. The van der Waals surface area contributed by atoms with Crippen molar-refractivity contribution < 1.29 is 80.2 Å². The van der Waals surface area contributed by atoms with Gasteiger partial charge in [-0.1, -0.05) is 279 Å². The van der Waals surface area contributed by atoms with Crippen molar-refractivity contribution in [2.45, 2.75) is 290 Å². The van der Waals surface area contributed by atoms with Crippen LogP contribution in [0.25, 0.3) is 0 Å². The van der Waals surface area contributed by atoms with Gasteiger partial charge in [-0.25, -0.2) is 9.13 Å². The number of allylic oxidation sites excluding steroid dienone is 34. The number of phosphoric acid groups is 2. The van der Waals surface area contributed by atoms with Gasteiger partial charge in [0.25, 0.3) is 0 Å². The Balaban J connectivity index is 5.52. The number of ether oxygens (including phenoxy) is 4. The molecule has 17 nitrogen and oxygen atoms in total. The SMILES string of the molecule is CC/C=C\C/C=C\C/C=C\C/C=C\C/C=C\C/C=C\CCC(=O)OCC(COP(=O)(O)OCC(O)COP(=O)(O)OCC(COC(=O)CCCCCC/C=C\C/C=C\C/C=C\C/C=C\CC)OC(=O)CCCCCCCCC/C=C\C/C=C\C/C=C\CC)OC(=O)CCCC/C=C\C/C=C\C/C=C\C/C=C\CC. The summed E-state index contributed by atoms with van der Waals surface area (Å²) in [5.74, 6) is -2.38. The van der Waals surface area contributed by atoms with Gasteiger partial charge in [-0.15, -0.1) is 0 Å². The molecule has 0 aliphatic carbocycles. The normalized spacial score (nSPS) is 14.9. The molecule has 0 aromatic rings. The van der Waals surface area contributed by atoms with Crippen LogP contribution in [0.3, 0.4) is 0 Å². The number of rotatable bonds is 73. The highest BCUT2D eigenvalue weighted by Crippen LogP contribution is 2.45. The zero-order chi connectivity index (χ0) is 78.9. The highest BCUT2D eigenvalue weighted by molar-refractivity contribution is 7.47. The lowest BCUT2D eigenvalue weighted by atomic mass is 10.1. The Morgan fingerprint density at radius 3 is 0.769 bits per heavy atom. The maximum Gasteiger partial charge on any atom is 0.472 e. The molecule has 0 radical (unpaired) electrons. The second-order valence-electron chi connectivity index (χ2n) is 25.8. The molecule has 0 rings (SSSR count). The average molecular weight is 1540 g/mol. The highest BCUT2D eigenvalue weighted by atomic mass is 31.2. The summed E-state index contributed by atoms with van der Waals surface area (Å²) in [5.41, 5.74) is 0. The Labute approximate surface area is 652 Å². The van der Waals surface area contributed by atoms with E-state index in [1.54, 1.807) is 0 Å². The van der Waals surface area contributed by atoms with Crippen LogP contribution in [0, 0.1) is 0 Å². The van der Waals surface area contributed by atoms with E-state index in [9.17, 15) is 43.2 Å². The summed E-state index contributed by atoms with van der Waals surface area (Å²) in [6, 6.07) is 0. The molecule has 608 valence electrons. The predicted molar refractivity (Wildman–Crippen MR) is 445 cm³/mol. The molecular weight excluding hydrogens is 1400 g/mol. The van der Waals surface area contributed by atoms with Crippen molar-refractivity contribution in [3.8, 4) is 0 Å². The van der Waals surface area contributed by atoms with E-state index in [1.165, 1.54) is 0 Å². The lowest BCUT2D eigenvalue weighted by Crippen LogP contribution is -2.30. The fraction of sp³-hybridized carbons (Fsp3) is 0.573. The molecule has 0 heterocycles. The molecule has 0 saturated carbocycles. The minimum Gasteiger partial charge on any atom is -0.462 e. The van der Waals surface area contributed by atoms with Crippen LogP contribution in [0.1, 0.15) is 272 Å². The molecule has 19 heteroatoms. The van der Waals surface area contributed by atoms with E-state index in [-0.39, 0.29) is 25.7 Å². The molecule has 0 aromatic carbocycles. The molecule has 5 unspecified atom stereocenters. The van der Waals surface area contributed by atoms with E-state index in [1.807, 2.05) is 24.3 Å². The molecular formula is C89H140O17P2. The van der Waals surface area contributed by atoms with Crippen molar-refractivity contribution in [3.05, 3.63) is 207 Å². The van der Waals surface area contributed by atoms with Gasteiger partial charge in [0.15, 0.2) is 12.2 Å². The molecule has 0 aliphatic rings. The zero-order valence-corrected chi connectivity index (χ0v) is 68.2. The minimum absolute atomic E-state index is 0.0175. The molecule has 0 aromatic heterocycles. The van der Waals surface area contributed by atoms with Gasteiger partial charge in [0, 0.05) is 25.7 Å². The maximum atomic E-state index is 13.1. The summed E-state index contributed by atoms with van der Waals surface area (Å²) in [6.07, 6.45) is 98.2. The van der Waals surface area contributed by atoms with Crippen LogP contribution in [-0.4, -0.2) is 96.7 Å². The van der Waals surface area contributed by atoms with Crippen molar-refractivity contribution in [2.75, 3.05) is 39.6 Å². The van der Waals surface area contributed by atoms with Crippen LogP contribution in [-0.2, 0) is 65.4 Å². The number of unbranched alkanes of at least 4 members (excludes halogenated alkanes) is 13. The smallest absolute Gasteiger partial charge is 0.462 e. The highest BCUT2D eigenvalue weighted by Gasteiger charge is 2.30. The summed E-state index contributed by atoms with van der Waals surface area (Å²) in [7, 11) is -10.0. The fourth-order valence-electron chi connectivity index (χ4n) is 9.77. The first-order chi connectivity index (χ1) is 52.7. The minimum atomic E-state index is -5.02. The molecule has 0 amide bonds. The van der Waals surface area contributed by atoms with Crippen LogP contribution in [0.4, 0.5) is 0 Å². The first-order valence-corrected chi connectivity index (χ1v) is 43.3. The van der Waals surface area contributed by atoms with Crippen LogP contribution in [0.2, 0.25) is 0 Å². The molecule has 108 heavy (non-hydrogen) atoms. The number of aliphatic hydroxyl groups excluding tert-OH is 1. The van der Waals surface area contributed by atoms with E-state index in [4.69, 9.17) is 37.0 Å². The van der Waals surface area contributed by atoms with E-state index in [0.29, 0.717) is 38.5 Å².